The molecule has 4 rings (SSSR count). The fourth-order valence-electron chi connectivity index (χ4n) is 2.80. The average molecular weight is 394 g/mol. The lowest BCUT2D eigenvalue weighted by molar-refractivity contribution is -0.255. The van der Waals surface area contributed by atoms with Crippen molar-refractivity contribution < 1.29 is 9.90 Å². The van der Waals surface area contributed by atoms with Gasteiger partial charge in [0.25, 0.3) is 0 Å². The number of aromatic nitrogens is 2. The molecule has 0 aliphatic heterocycles. The normalized spacial score (nSPS) is 10.9. The first-order valence-corrected chi connectivity index (χ1v) is 8.82. The average Bonchev–Trinajstić information content (AvgIpc) is 2.68. The highest BCUT2D eigenvalue weighted by atomic mass is 35.5. The number of hydrogen-bond donors (Lipinski definition) is 0. The zero-order valence-corrected chi connectivity index (χ0v) is 15.3. The van der Waals surface area contributed by atoms with Gasteiger partial charge in [0, 0.05) is 21.2 Å². The van der Waals surface area contributed by atoms with E-state index in [0.717, 1.165) is 11.1 Å². The fraction of sp³-hybridized carbons (Fsp3) is 0. The smallest absolute Gasteiger partial charge is 0.0973 e. The van der Waals surface area contributed by atoms with Gasteiger partial charge in [0.1, 0.15) is 0 Å². The number of carbonyl (C=O) groups is 1. The van der Waals surface area contributed by atoms with Crippen LogP contribution in [0.3, 0.4) is 0 Å². The number of carboxylic acids is 1. The third-order valence-corrected chi connectivity index (χ3v) is 4.64. The van der Waals surface area contributed by atoms with E-state index in [1.165, 1.54) is 12.1 Å². The molecule has 6 heteroatoms. The molecule has 0 spiro atoms. The van der Waals surface area contributed by atoms with Crippen molar-refractivity contribution in [2.75, 3.05) is 0 Å². The van der Waals surface area contributed by atoms with Crippen LogP contribution in [0.1, 0.15) is 10.4 Å². The van der Waals surface area contributed by atoms with Crippen LogP contribution in [-0.4, -0.2) is 15.9 Å². The fourth-order valence-corrected chi connectivity index (χ4v) is 3.05. The molecule has 132 valence electrons. The highest BCUT2D eigenvalue weighted by molar-refractivity contribution is 6.31. The number of benzene rings is 3. The van der Waals surface area contributed by atoms with Crippen molar-refractivity contribution in [1.29, 1.82) is 0 Å². The van der Waals surface area contributed by atoms with E-state index in [-0.39, 0.29) is 5.56 Å². The van der Waals surface area contributed by atoms with Crippen molar-refractivity contribution in [1.82, 2.24) is 9.97 Å². The topological polar surface area (TPSA) is 65.9 Å². The summed E-state index contributed by atoms with van der Waals surface area (Å²) in [7, 11) is 0. The minimum atomic E-state index is -1.26. The maximum Gasteiger partial charge on any atom is 0.0973 e. The minimum absolute atomic E-state index is 0.0538. The molecule has 0 fully saturated rings. The molecule has 4 nitrogen and oxygen atoms in total. The second kappa shape index (κ2) is 6.99. The van der Waals surface area contributed by atoms with Crippen LogP contribution in [0.25, 0.3) is 33.5 Å². The summed E-state index contributed by atoms with van der Waals surface area (Å²) < 4.78 is 0. The van der Waals surface area contributed by atoms with Gasteiger partial charge in [0.2, 0.25) is 0 Å². The van der Waals surface area contributed by atoms with Crippen LogP contribution in [0.4, 0.5) is 0 Å². The predicted octanol–water partition coefficient (Wildman–Crippen LogP) is 4.63. The number of hydrogen-bond acceptors (Lipinski definition) is 4. The maximum absolute atomic E-state index is 11.2. The number of carbonyl (C=O) groups excluding carboxylic acids is 1. The van der Waals surface area contributed by atoms with E-state index in [2.05, 4.69) is 4.98 Å². The van der Waals surface area contributed by atoms with Crippen molar-refractivity contribution >= 4 is 40.2 Å². The van der Waals surface area contributed by atoms with Gasteiger partial charge in [-0.15, -0.1) is 0 Å². The molecule has 27 heavy (non-hydrogen) atoms. The Bertz CT molecular complexity index is 1160. The first-order valence-electron chi connectivity index (χ1n) is 8.06. The van der Waals surface area contributed by atoms with Gasteiger partial charge in [-0.1, -0.05) is 53.5 Å². The van der Waals surface area contributed by atoms with E-state index in [4.69, 9.17) is 28.2 Å². The molecule has 0 aliphatic carbocycles. The van der Waals surface area contributed by atoms with Gasteiger partial charge in [-0.3, -0.25) is 0 Å². The number of fused-ring (bicyclic) bond motifs is 1. The van der Waals surface area contributed by atoms with Gasteiger partial charge in [-0.25, -0.2) is 9.97 Å². The Kier molecular flexibility index (Phi) is 4.52. The van der Waals surface area contributed by atoms with E-state index >= 15 is 0 Å². The summed E-state index contributed by atoms with van der Waals surface area (Å²) in [4.78, 5) is 20.6. The van der Waals surface area contributed by atoms with Gasteiger partial charge in [-0.05, 0) is 42.0 Å². The highest BCUT2D eigenvalue weighted by Crippen LogP contribution is 2.32. The molecular formula is C21H11Cl2N2O2-. The van der Waals surface area contributed by atoms with Crippen LogP contribution in [-0.2, 0) is 0 Å². The Morgan fingerprint density at radius 3 is 1.67 bits per heavy atom. The second-order valence-electron chi connectivity index (χ2n) is 5.93. The molecule has 0 unspecified atom stereocenters. The number of nitrogens with zero attached hydrogens (tertiary/aromatic N) is 2. The molecule has 0 saturated heterocycles. The zero-order valence-electron chi connectivity index (χ0n) is 13.8. The van der Waals surface area contributed by atoms with Crippen molar-refractivity contribution in [3.63, 3.8) is 0 Å². The molecule has 0 radical (unpaired) electrons. The Labute approximate surface area is 165 Å². The molecule has 0 saturated carbocycles. The van der Waals surface area contributed by atoms with E-state index in [9.17, 15) is 9.90 Å². The first kappa shape index (κ1) is 17.5. The Morgan fingerprint density at radius 2 is 1.19 bits per heavy atom. The second-order valence-corrected chi connectivity index (χ2v) is 6.80. The Balaban J connectivity index is 2.00. The van der Waals surface area contributed by atoms with Crippen molar-refractivity contribution in [2.24, 2.45) is 0 Å². The molecule has 0 N–H and O–H groups in total. The lowest BCUT2D eigenvalue weighted by atomic mass is 10.0. The van der Waals surface area contributed by atoms with Crippen LogP contribution in [0.15, 0.2) is 66.7 Å². The van der Waals surface area contributed by atoms with E-state index in [1.54, 1.807) is 30.3 Å². The van der Waals surface area contributed by atoms with Crippen molar-refractivity contribution in [2.45, 2.75) is 0 Å². The molecular weight excluding hydrogens is 383 g/mol. The Morgan fingerprint density at radius 1 is 0.704 bits per heavy atom. The van der Waals surface area contributed by atoms with Crippen LogP contribution in [0.2, 0.25) is 10.0 Å². The zero-order chi connectivity index (χ0) is 19.0. The summed E-state index contributed by atoms with van der Waals surface area (Å²) in [6, 6.07) is 19.1. The predicted molar refractivity (Wildman–Crippen MR) is 105 cm³/mol. The van der Waals surface area contributed by atoms with Crippen LogP contribution < -0.4 is 5.11 Å². The number of aromatic carboxylic acids is 1. The summed E-state index contributed by atoms with van der Waals surface area (Å²) in [5, 5.41) is 12.4. The quantitative estimate of drug-likeness (QED) is 0.508. The molecule has 0 atom stereocenters. The minimum Gasteiger partial charge on any atom is -0.545 e. The number of rotatable bonds is 3. The molecule has 0 amide bonds. The summed E-state index contributed by atoms with van der Waals surface area (Å²) in [6.45, 7) is 0. The molecule has 4 aromatic rings. The third kappa shape index (κ3) is 3.50. The van der Waals surface area contributed by atoms with E-state index in [1.807, 2.05) is 24.3 Å². The van der Waals surface area contributed by atoms with Gasteiger partial charge < -0.3 is 9.90 Å². The van der Waals surface area contributed by atoms with Crippen LogP contribution in [0.5, 0.6) is 0 Å². The summed E-state index contributed by atoms with van der Waals surface area (Å²) >= 11 is 12.0. The van der Waals surface area contributed by atoms with Gasteiger partial charge in [0.15, 0.2) is 0 Å². The molecule has 3 aromatic carbocycles. The maximum atomic E-state index is 11.2. The van der Waals surface area contributed by atoms with Crippen molar-refractivity contribution in [3.05, 3.63) is 82.3 Å². The molecule has 0 aliphatic rings. The molecule has 1 aromatic heterocycles. The summed E-state index contributed by atoms with van der Waals surface area (Å²) in [6.07, 6.45) is 0. The summed E-state index contributed by atoms with van der Waals surface area (Å²) in [5.74, 6) is -1.26. The standard InChI is InChI=1S/C21H12Cl2N2O2/c22-15-6-1-12(2-7-15)19-20(13-3-8-16(23)9-4-13)25-18-11-14(21(26)27)5-10-17(18)24-19/h1-11H,(H,26,27)/p-1. The molecule has 1 heterocycles. The third-order valence-electron chi connectivity index (χ3n) is 4.14. The lowest BCUT2D eigenvalue weighted by Gasteiger charge is -2.12. The van der Waals surface area contributed by atoms with Gasteiger partial charge in [0.05, 0.1) is 28.4 Å². The van der Waals surface area contributed by atoms with Crippen LogP contribution in [0, 0.1) is 0 Å². The summed E-state index contributed by atoms with van der Waals surface area (Å²) in [5.41, 5.74) is 4.07. The Hall–Kier alpha value is -2.95. The van der Waals surface area contributed by atoms with Crippen molar-refractivity contribution in [3.8, 4) is 22.5 Å². The van der Waals surface area contributed by atoms with E-state index < -0.39 is 5.97 Å². The monoisotopic (exact) mass is 393 g/mol. The van der Waals surface area contributed by atoms with Gasteiger partial charge in [-0.2, -0.15) is 0 Å². The number of carboxylic acid groups (broad SMARTS) is 1. The van der Waals surface area contributed by atoms with E-state index in [0.29, 0.717) is 32.5 Å². The SMILES string of the molecule is O=C([O-])c1ccc2nc(-c3ccc(Cl)cc3)c(-c3ccc(Cl)cc3)nc2c1. The largest absolute Gasteiger partial charge is 0.545 e. The highest BCUT2D eigenvalue weighted by Gasteiger charge is 2.14. The first-order chi connectivity index (χ1) is 13.0. The lowest BCUT2D eigenvalue weighted by Crippen LogP contribution is -2.22. The number of halogens is 2. The van der Waals surface area contributed by atoms with Crippen LogP contribution >= 0.6 is 23.2 Å². The molecule has 0 bridgehead atoms. The van der Waals surface area contributed by atoms with Gasteiger partial charge >= 0.3 is 0 Å².